The van der Waals surface area contributed by atoms with Crippen molar-refractivity contribution in [1.82, 2.24) is 0 Å². The van der Waals surface area contributed by atoms with E-state index >= 15 is 0 Å². The average molecular weight is 235 g/mol. The molecule has 0 bridgehead atoms. The predicted octanol–water partition coefficient (Wildman–Crippen LogP) is 0.680. The minimum atomic E-state index is -1.03. The van der Waals surface area contributed by atoms with Gasteiger partial charge in [0.15, 0.2) is 0 Å². The van der Waals surface area contributed by atoms with Crippen LogP contribution < -0.4 is 5.73 Å². The van der Waals surface area contributed by atoms with Crippen molar-refractivity contribution in [3.8, 4) is 11.8 Å². The fraction of sp³-hybridized carbons (Fsp3) is 0.167. The van der Waals surface area contributed by atoms with Crippen LogP contribution in [0.3, 0.4) is 0 Å². The molecule has 0 heterocycles. The van der Waals surface area contributed by atoms with Gasteiger partial charge >= 0.3 is 5.97 Å². The fourth-order valence-corrected chi connectivity index (χ4v) is 1.17. The van der Waals surface area contributed by atoms with Crippen molar-refractivity contribution in [2.75, 3.05) is 0 Å². The third-order valence-corrected chi connectivity index (χ3v) is 1.87. The van der Waals surface area contributed by atoms with Gasteiger partial charge in [0, 0.05) is 0 Å². The summed E-state index contributed by atoms with van der Waals surface area (Å²) >= 11 is 0. The quantitative estimate of drug-likeness (QED) is 0.756. The van der Waals surface area contributed by atoms with Gasteiger partial charge < -0.3 is 10.8 Å². The molecule has 88 valence electrons. The second-order valence-corrected chi connectivity index (χ2v) is 3.33. The van der Waals surface area contributed by atoms with E-state index in [1.54, 1.807) is 0 Å². The van der Waals surface area contributed by atoms with Crippen LogP contribution in [0.15, 0.2) is 18.2 Å². The number of carboxylic acid groups (broad SMARTS) is 1. The van der Waals surface area contributed by atoms with Gasteiger partial charge in [-0.1, -0.05) is 17.9 Å². The molecule has 3 N–H and O–H groups in total. The van der Waals surface area contributed by atoms with Crippen molar-refractivity contribution in [2.45, 2.75) is 12.8 Å². The summed E-state index contributed by atoms with van der Waals surface area (Å²) < 4.78 is 13.4. The predicted molar refractivity (Wildman–Crippen MR) is 58.4 cm³/mol. The molecule has 1 aromatic carbocycles. The summed E-state index contributed by atoms with van der Waals surface area (Å²) in [7, 11) is 0. The summed E-state index contributed by atoms with van der Waals surface area (Å²) in [6, 6.07) is 3.97. The zero-order valence-electron chi connectivity index (χ0n) is 8.87. The monoisotopic (exact) mass is 235 g/mol. The number of halogens is 1. The molecule has 0 aliphatic carbocycles. The molecule has 0 saturated carbocycles. The molecule has 0 fully saturated rings. The zero-order valence-corrected chi connectivity index (χ0v) is 8.87. The highest BCUT2D eigenvalue weighted by Crippen LogP contribution is 2.10. The fourth-order valence-electron chi connectivity index (χ4n) is 1.17. The maximum absolute atomic E-state index is 13.4. The second-order valence-electron chi connectivity index (χ2n) is 3.33. The Morgan fingerprint density at radius 3 is 2.65 bits per heavy atom. The van der Waals surface area contributed by atoms with E-state index in [1.807, 2.05) is 0 Å². The summed E-state index contributed by atoms with van der Waals surface area (Å²) in [5.41, 5.74) is 5.34. The van der Waals surface area contributed by atoms with Gasteiger partial charge in [-0.25, -0.2) is 4.39 Å². The minimum absolute atomic E-state index is 0.111. The van der Waals surface area contributed by atoms with E-state index in [9.17, 15) is 14.0 Å². The number of aliphatic carboxylic acids is 1. The van der Waals surface area contributed by atoms with E-state index in [2.05, 4.69) is 11.8 Å². The van der Waals surface area contributed by atoms with E-state index < -0.39 is 17.7 Å². The first-order valence-corrected chi connectivity index (χ1v) is 4.76. The Labute approximate surface area is 97.2 Å². The van der Waals surface area contributed by atoms with Gasteiger partial charge in [0.25, 0.3) is 0 Å². The van der Waals surface area contributed by atoms with Crippen LogP contribution in [0.1, 0.15) is 17.5 Å². The van der Waals surface area contributed by atoms with E-state index in [4.69, 9.17) is 10.8 Å². The van der Waals surface area contributed by atoms with Gasteiger partial charge in [-0.3, -0.25) is 9.59 Å². The summed E-state index contributed by atoms with van der Waals surface area (Å²) in [5, 5.41) is 8.53. The van der Waals surface area contributed by atoms with Gasteiger partial charge in [-0.05, 0) is 17.7 Å². The highest BCUT2D eigenvalue weighted by molar-refractivity contribution is 5.76. The van der Waals surface area contributed by atoms with Crippen LogP contribution in [0.5, 0.6) is 0 Å². The largest absolute Gasteiger partial charge is 0.481 e. The Hall–Kier alpha value is -2.35. The standard InChI is InChI=1S/C12H10FNO3/c13-10-6-8(7-12(16)17)4-5-9(10)2-1-3-11(14)15/h4-6H,3,7H2,(H2,14,15)(H,16,17). The first-order valence-electron chi connectivity index (χ1n) is 4.76. The Balaban J connectivity index is 2.85. The van der Waals surface area contributed by atoms with E-state index in [1.165, 1.54) is 12.1 Å². The first-order chi connectivity index (χ1) is 7.99. The molecule has 1 aromatic rings. The molecule has 4 nitrogen and oxygen atoms in total. The van der Waals surface area contributed by atoms with Crippen LogP contribution in [0.2, 0.25) is 0 Å². The van der Waals surface area contributed by atoms with Crippen molar-refractivity contribution in [3.05, 3.63) is 35.1 Å². The molecule has 0 saturated heterocycles. The molecule has 5 heteroatoms. The Kier molecular flexibility index (Phi) is 4.23. The van der Waals surface area contributed by atoms with Crippen LogP contribution in [-0.2, 0) is 16.0 Å². The van der Waals surface area contributed by atoms with Crippen molar-refractivity contribution < 1.29 is 19.1 Å². The van der Waals surface area contributed by atoms with Crippen LogP contribution >= 0.6 is 0 Å². The molecule has 0 aliphatic rings. The summed E-state index contributed by atoms with van der Waals surface area (Å²) in [4.78, 5) is 20.8. The van der Waals surface area contributed by atoms with Crippen molar-refractivity contribution in [1.29, 1.82) is 0 Å². The van der Waals surface area contributed by atoms with Gasteiger partial charge in [0.1, 0.15) is 5.82 Å². The Bertz CT molecular complexity index is 514. The van der Waals surface area contributed by atoms with E-state index in [0.29, 0.717) is 5.56 Å². The lowest BCUT2D eigenvalue weighted by Gasteiger charge is -1.99. The van der Waals surface area contributed by atoms with Crippen LogP contribution in [0, 0.1) is 17.7 Å². The number of carboxylic acids is 1. The van der Waals surface area contributed by atoms with Gasteiger partial charge in [0.05, 0.1) is 18.4 Å². The lowest BCUT2D eigenvalue weighted by atomic mass is 10.1. The lowest BCUT2D eigenvalue weighted by Crippen LogP contribution is -2.08. The zero-order chi connectivity index (χ0) is 12.8. The van der Waals surface area contributed by atoms with Crippen LogP contribution in [-0.4, -0.2) is 17.0 Å². The number of amides is 1. The number of primary amides is 1. The third kappa shape index (κ3) is 4.34. The molecule has 1 amide bonds. The van der Waals surface area contributed by atoms with E-state index in [-0.39, 0.29) is 18.4 Å². The maximum atomic E-state index is 13.4. The van der Waals surface area contributed by atoms with Crippen LogP contribution in [0.25, 0.3) is 0 Å². The molecular formula is C12H10FNO3. The molecule has 0 spiro atoms. The van der Waals surface area contributed by atoms with Crippen LogP contribution in [0.4, 0.5) is 4.39 Å². The lowest BCUT2D eigenvalue weighted by molar-refractivity contribution is -0.136. The summed E-state index contributed by atoms with van der Waals surface area (Å²) in [6.45, 7) is 0. The number of carbonyl (C=O) groups excluding carboxylic acids is 1. The summed E-state index contributed by atoms with van der Waals surface area (Å²) in [6.07, 6.45) is -0.387. The molecular weight excluding hydrogens is 225 g/mol. The first kappa shape index (κ1) is 12.7. The number of carbonyl (C=O) groups is 2. The third-order valence-electron chi connectivity index (χ3n) is 1.87. The average Bonchev–Trinajstić information content (AvgIpc) is 2.20. The van der Waals surface area contributed by atoms with Crippen molar-refractivity contribution in [3.63, 3.8) is 0 Å². The number of rotatable bonds is 3. The Morgan fingerprint density at radius 2 is 2.12 bits per heavy atom. The Morgan fingerprint density at radius 1 is 1.41 bits per heavy atom. The minimum Gasteiger partial charge on any atom is -0.481 e. The molecule has 17 heavy (non-hydrogen) atoms. The number of hydrogen-bond acceptors (Lipinski definition) is 2. The highest BCUT2D eigenvalue weighted by atomic mass is 19.1. The van der Waals surface area contributed by atoms with Gasteiger partial charge in [-0.15, -0.1) is 0 Å². The van der Waals surface area contributed by atoms with Gasteiger partial charge in [0.2, 0.25) is 5.91 Å². The molecule has 0 aliphatic heterocycles. The number of hydrogen-bond donors (Lipinski definition) is 2. The highest BCUT2D eigenvalue weighted by Gasteiger charge is 2.04. The molecule has 1 rings (SSSR count). The second kappa shape index (κ2) is 5.66. The normalized spacial score (nSPS) is 9.24. The SMILES string of the molecule is NC(=O)CC#Cc1ccc(CC(=O)O)cc1F. The number of nitrogens with two attached hydrogens (primary N) is 1. The summed E-state index contributed by atoms with van der Waals surface area (Å²) in [5.74, 6) is 2.65. The molecule has 0 aromatic heterocycles. The molecule has 0 unspecified atom stereocenters. The van der Waals surface area contributed by atoms with E-state index in [0.717, 1.165) is 6.07 Å². The van der Waals surface area contributed by atoms with Crippen molar-refractivity contribution >= 4 is 11.9 Å². The van der Waals surface area contributed by atoms with Crippen molar-refractivity contribution in [2.24, 2.45) is 5.73 Å². The molecule has 0 atom stereocenters. The number of benzene rings is 1. The van der Waals surface area contributed by atoms with Gasteiger partial charge in [-0.2, -0.15) is 0 Å². The maximum Gasteiger partial charge on any atom is 0.307 e. The molecule has 0 radical (unpaired) electrons. The topological polar surface area (TPSA) is 80.4 Å². The smallest absolute Gasteiger partial charge is 0.307 e.